The van der Waals surface area contributed by atoms with Crippen LogP contribution < -0.4 is 0 Å². The molecule has 1 spiro atoms. The van der Waals surface area contributed by atoms with E-state index in [0.29, 0.717) is 17.4 Å². The summed E-state index contributed by atoms with van der Waals surface area (Å²) in [6.07, 6.45) is 6.08. The van der Waals surface area contributed by atoms with Crippen LogP contribution in [0.25, 0.3) is 0 Å². The average Bonchev–Trinajstić information content (AvgIpc) is 3.06. The SMILES string of the molecule is CC1=C(C)C[C@@]23CN(S(=O)(=O)c4ccc(C)cc4)C=C[C@]2(C)[C@H]3C1. The Morgan fingerprint density at radius 1 is 1.08 bits per heavy atom. The zero-order valence-corrected chi connectivity index (χ0v) is 15.7. The molecule has 1 heterocycles. The highest BCUT2D eigenvalue weighted by Gasteiger charge is 2.74. The lowest BCUT2D eigenvalue weighted by atomic mass is 9.82. The predicted molar refractivity (Wildman–Crippen MR) is 95.8 cm³/mol. The van der Waals surface area contributed by atoms with Gasteiger partial charge in [-0.1, -0.05) is 41.8 Å². The molecule has 0 radical (unpaired) electrons. The first-order chi connectivity index (χ1) is 11.2. The van der Waals surface area contributed by atoms with Crippen LogP contribution in [0.15, 0.2) is 52.6 Å². The lowest BCUT2D eigenvalue weighted by Gasteiger charge is -2.34. The minimum atomic E-state index is -3.47. The number of hydrogen-bond donors (Lipinski definition) is 0. The quantitative estimate of drug-likeness (QED) is 0.752. The smallest absolute Gasteiger partial charge is 0.263 e. The minimum Gasteiger partial charge on any atom is -0.273 e. The maximum absolute atomic E-state index is 13.0. The Kier molecular flexibility index (Phi) is 3.16. The van der Waals surface area contributed by atoms with E-state index in [0.717, 1.165) is 18.4 Å². The van der Waals surface area contributed by atoms with Crippen LogP contribution in [0, 0.1) is 23.7 Å². The van der Waals surface area contributed by atoms with Gasteiger partial charge in [-0.2, -0.15) is 0 Å². The largest absolute Gasteiger partial charge is 0.273 e. The van der Waals surface area contributed by atoms with E-state index in [9.17, 15) is 8.42 Å². The standard InChI is InChI=1S/C20H25NO2S/c1-14-5-7-17(8-6-14)24(22,23)21-10-9-19(4)18-11-15(2)16(3)12-20(18,19)13-21/h5-10,18H,11-13H2,1-4H3/t18-,19-,20+/m1/s1. The molecule has 128 valence electrons. The summed E-state index contributed by atoms with van der Waals surface area (Å²) in [6, 6.07) is 7.15. The maximum Gasteiger partial charge on any atom is 0.263 e. The van der Waals surface area contributed by atoms with E-state index >= 15 is 0 Å². The predicted octanol–water partition coefficient (Wildman–Crippen LogP) is 4.27. The van der Waals surface area contributed by atoms with Crippen molar-refractivity contribution < 1.29 is 8.42 Å². The zero-order valence-electron chi connectivity index (χ0n) is 14.8. The highest BCUT2D eigenvalue weighted by Crippen LogP contribution is 2.77. The molecule has 0 N–H and O–H groups in total. The van der Waals surface area contributed by atoms with Crippen LogP contribution in [0.5, 0.6) is 0 Å². The number of nitrogens with zero attached hydrogens (tertiary/aromatic N) is 1. The summed E-state index contributed by atoms with van der Waals surface area (Å²) in [6.45, 7) is 9.30. The highest BCUT2D eigenvalue weighted by molar-refractivity contribution is 7.89. The number of rotatable bonds is 2. The van der Waals surface area contributed by atoms with Crippen molar-refractivity contribution in [3.63, 3.8) is 0 Å². The van der Waals surface area contributed by atoms with Crippen LogP contribution in [0.1, 0.15) is 39.2 Å². The first kappa shape index (κ1) is 15.9. The minimum absolute atomic E-state index is 0.0864. The van der Waals surface area contributed by atoms with Gasteiger partial charge in [-0.05, 0) is 57.1 Å². The molecule has 3 aliphatic rings. The van der Waals surface area contributed by atoms with E-state index in [1.165, 1.54) is 11.1 Å². The van der Waals surface area contributed by atoms with Gasteiger partial charge >= 0.3 is 0 Å². The van der Waals surface area contributed by atoms with Gasteiger partial charge in [0.2, 0.25) is 0 Å². The Labute approximate surface area is 145 Å². The van der Waals surface area contributed by atoms with Crippen molar-refractivity contribution in [2.45, 2.75) is 45.4 Å². The van der Waals surface area contributed by atoms with Gasteiger partial charge in [0, 0.05) is 18.2 Å². The maximum atomic E-state index is 13.0. The summed E-state index contributed by atoms with van der Waals surface area (Å²) < 4.78 is 27.7. The Hall–Kier alpha value is -1.55. The van der Waals surface area contributed by atoms with E-state index in [4.69, 9.17) is 0 Å². The van der Waals surface area contributed by atoms with E-state index in [2.05, 4.69) is 26.8 Å². The molecule has 4 rings (SSSR count). The van der Waals surface area contributed by atoms with Crippen molar-refractivity contribution in [3.8, 4) is 0 Å². The number of benzene rings is 1. The second-order valence-corrected chi connectivity index (χ2v) is 10.0. The monoisotopic (exact) mass is 343 g/mol. The molecule has 2 aliphatic carbocycles. The third-order valence-corrected chi connectivity index (χ3v) is 8.59. The zero-order chi connectivity index (χ0) is 17.3. The first-order valence-electron chi connectivity index (χ1n) is 8.64. The number of fused-ring (bicyclic) bond motifs is 1. The Bertz CT molecular complexity index is 865. The van der Waals surface area contributed by atoms with Crippen molar-refractivity contribution in [1.82, 2.24) is 4.31 Å². The molecule has 0 amide bonds. The molecule has 1 aromatic rings. The fraction of sp³-hybridized carbons (Fsp3) is 0.500. The van der Waals surface area contributed by atoms with Gasteiger partial charge in [-0.25, -0.2) is 8.42 Å². The molecule has 1 aromatic carbocycles. The summed E-state index contributed by atoms with van der Waals surface area (Å²) in [7, 11) is -3.47. The Balaban J connectivity index is 1.69. The molecule has 0 saturated heterocycles. The summed E-state index contributed by atoms with van der Waals surface area (Å²) in [5.41, 5.74) is 4.23. The first-order valence-corrected chi connectivity index (χ1v) is 10.1. The summed E-state index contributed by atoms with van der Waals surface area (Å²) >= 11 is 0. The molecule has 3 nitrogen and oxygen atoms in total. The lowest BCUT2D eigenvalue weighted by molar-refractivity contribution is 0.298. The third kappa shape index (κ3) is 1.92. The molecule has 0 unspecified atom stereocenters. The second-order valence-electron chi connectivity index (χ2n) is 8.11. The normalized spacial score (nSPS) is 34.8. The van der Waals surface area contributed by atoms with Crippen LogP contribution in [0.4, 0.5) is 0 Å². The van der Waals surface area contributed by atoms with Crippen molar-refractivity contribution in [2.75, 3.05) is 6.54 Å². The second kappa shape index (κ2) is 4.75. The molecule has 4 heteroatoms. The highest BCUT2D eigenvalue weighted by atomic mass is 32.2. The van der Waals surface area contributed by atoms with E-state index in [1.807, 2.05) is 25.3 Å². The van der Waals surface area contributed by atoms with Gasteiger partial charge in [0.15, 0.2) is 0 Å². The number of allylic oxidation sites excluding steroid dienone is 3. The topological polar surface area (TPSA) is 37.4 Å². The van der Waals surface area contributed by atoms with Crippen LogP contribution >= 0.6 is 0 Å². The van der Waals surface area contributed by atoms with Gasteiger partial charge in [0.25, 0.3) is 10.0 Å². The Morgan fingerprint density at radius 2 is 1.75 bits per heavy atom. The van der Waals surface area contributed by atoms with Gasteiger partial charge in [-0.15, -0.1) is 0 Å². The number of sulfonamides is 1. The van der Waals surface area contributed by atoms with Crippen molar-refractivity contribution in [1.29, 1.82) is 0 Å². The van der Waals surface area contributed by atoms with Gasteiger partial charge in [0.1, 0.15) is 0 Å². The summed E-state index contributed by atoms with van der Waals surface area (Å²) in [5.74, 6) is 0.572. The average molecular weight is 343 g/mol. The fourth-order valence-corrected chi connectivity index (χ4v) is 6.30. The van der Waals surface area contributed by atoms with Crippen LogP contribution in [-0.4, -0.2) is 19.3 Å². The molecule has 24 heavy (non-hydrogen) atoms. The summed E-state index contributed by atoms with van der Waals surface area (Å²) in [4.78, 5) is 0.384. The molecular weight excluding hydrogens is 318 g/mol. The van der Waals surface area contributed by atoms with Crippen molar-refractivity contribution >= 4 is 10.0 Å². The molecule has 1 aliphatic heterocycles. The molecule has 3 atom stereocenters. The third-order valence-electron chi connectivity index (χ3n) is 6.85. The molecule has 0 bridgehead atoms. The Morgan fingerprint density at radius 3 is 2.42 bits per heavy atom. The summed E-state index contributed by atoms with van der Waals surface area (Å²) in [5, 5.41) is 0. The fourth-order valence-electron chi connectivity index (χ4n) is 4.93. The molecule has 1 fully saturated rings. The van der Waals surface area contributed by atoms with E-state index in [-0.39, 0.29) is 10.8 Å². The molecule has 1 saturated carbocycles. The molecule has 0 aromatic heterocycles. The van der Waals surface area contributed by atoms with Crippen LogP contribution in [0.2, 0.25) is 0 Å². The van der Waals surface area contributed by atoms with Crippen molar-refractivity contribution in [3.05, 3.63) is 53.3 Å². The van der Waals surface area contributed by atoms with E-state index in [1.54, 1.807) is 16.4 Å². The van der Waals surface area contributed by atoms with Gasteiger partial charge in [-0.3, -0.25) is 4.31 Å². The number of hydrogen-bond acceptors (Lipinski definition) is 2. The van der Waals surface area contributed by atoms with Crippen LogP contribution in [-0.2, 0) is 10.0 Å². The number of aryl methyl sites for hydroxylation is 1. The van der Waals surface area contributed by atoms with E-state index < -0.39 is 10.0 Å². The molecular formula is C20H25NO2S. The van der Waals surface area contributed by atoms with Crippen molar-refractivity contribution in [2.24, 2.45) is 16.7 Å². The lowest BCUT2D eigenvalue weighted by Crippen LogP contribution is -2.37. The van der Waals surface area contributed by atoms with Crippen LogP contribution in [0.3, 0.4) is 0 Å². The van der Waals surface area contributed by atoms with Gasteiger partial charge < -0.3 is 0 Å². The van der Waals surface area contributed by atoms with Gasteiger partial charge in [0.05, 0.1) is 4.90 Å².